The number of hydrogen-bond acceptors (Lipinski definition) is 1. The Labute approximate surface area is 208 Å². The summed E-state index contributed by atoms with van der Waals surface area (Å²) in [6.45, 7) is 25.1. The van der Waals surface area contributed by atoms with E-state index in [0.29, 0.717) is 0 Å². The number of hydrogen-bond donors (Lipinski definition) is 1. The molecule has 0 aromatic heterocycles. The molecule has 0 radical (unpaired) electrons. The van der Waals surface area contributed by atoms with Gasteiger partial charge in [-0.15, -0.1) is 0 Å². The molecule has 0 fully saturated rings. The molecule has 0 atom stereocenters. The molecule has 0 saturated heterocycles. The molecule has 2 aromatic carbocycles. The summed E-state index contributed by atoms with van der Waals surface area (Å²) in [5.41, 5.74) is 8.57. The van der Waals surface area contributed by atoms with Gasteiger partial charge < -0.3 is 0 Å². The molecule has 0 spiro atoms. The van der Waals surface area contributed by atoms with Crippen molar-refractivity contribution in [1.82, 2.24) is 3.80 Å². The molecule has 0 saturated carbocycles. The Balaban J connectivity index is 2.26. The van der Waals surface area contributed by atoms with Crippen LogP contribution in [0.5, 0.6) is 0 Å². The third kappa shape index (κ3) is 4.97. The Kier molecular flexibility index (Phi) is 6.83. The monoisotopic (exact) mass is 525 g/mol. The van der Waals surface area contributed by atoms with Gasteiger partial charge in [-0.25, -0.2) is 0 Å². The average Bonchev–Trinajstić information content (AvgIpc) is 2.94. The minimum atomic E-state index is -3.39. The second-order valence-corrected chi connectivity index (χ2v) is 36.1. The second-order valence-electron chi connectivity index (χ2n) is 13.1. The predicted octanol–water partition coefficient (Wildman–Crippen LogP) is 8.03. The standard InChI is InChI=1S/C23H31Si.C4H10N.2ClH.Ti/c1-22(2,3)16-9-10-17-15(13-16)14-19-18(17)11-12-20(23(4,5)6)21(19)24(7)8;1-4(2,3)5;;;/h9-13H,14H2,1-8H3;5H,1-3H3;2*1H;/q;-1;;;+3/p-2. The summed E-state index contributed by atoms with van der Waals surface area (Å²) in [4.78, 5) is 0. The van der Waals surface area contributed by atoms with Crippen LogP contribution in [-0.4, -0.2) is 11.5 Å². The molecular weight excluding hydrogens is 485 g/mol. The van der Waals surface area contributed by atoms with Crippen LogP contribution in [0.15, 0.2) is 30.3 Å². The number of nitrogens with one attached hydrogen (secondary N) is 1. The molecule has 1 aliphatic carbocycles. The molecule has 0 unspecified atom stereocenters. The van der Waals surface area contributed by atoms with Crippen molar-refractivity contribution < 1.29 is 14.0 Å². The van der Waals surface area contributed by atoms with Crippen LogP contribution in [0.1, 0.15) is 84.6 Å². The Morgan fingerprint density at radius 1 is 0.812 bits per heavy atom. The van der Waals surface area contributed by atoms with E-state index in [1.165, 1.54) is 38.6 Å². The van der Waals surface area contributed by atoms with Crippen molar-refractivity contribution in [2.45, 2.75) is 98.2 Å². The number of benzene rings is 2. The van der Waals surface area contributed by atoms with E-state index in [1.807, 2.05) is 0 Å². The van der Waals surface area contributed by atoms with E-state index < -0.39 is 19.9 Å². The van der Waals surface area contributed by atoms with Gasteiger partial charge in [-0.05, 0) is 0 Å². The first-order valence-electron chi connectivity index (χ1n) is 11.7. The third-order valence-electron chi connectivity index (χ3n) is 6.69. The molecule has 2 aromatic rings. The zero-order valence-electron chi connectivity index (χ0n) is 21.8. The first-order valence-corrected chi connectivity index (χ1v) is 22.2. The van der Waals surface area contributed by atoms with Gasteiger partial charge in [-0.1, -0.05) is 0 Å². The molecule has 0 bridgehead atoms. The Morgan fingerprint density at radius 3 is 1.88 bits per heavy atom. The van der Waals surface area contributed by atoms with Crippen molar-refractivity contribution in [3.05, 3.63) is 52.6 Å². The van der Waals surface area contributed by atoms with Gasteiger partial charge in [-0.3, -0.25) is 0 Å². The summed E-state index contributed by atoms with van der Waals surface area (Å²) in [7, 11) is 14.7. The molecule has 3 rings (SSSR count). The van der Waals surface area contributed by atoms with Gasteiger partial charge in [-0.2, -0.15) is 0 Å². The van der Waals surface area contributed by atoms with Gasteiger partial charge in [0.05, 0.1) is 0 Å². The topological polar surface area (TPSA) is 12.0 Å². The van der Waals surface area contributed by atoms with Crippen LogP contribution in [0.25, 0.3) is 11.1 Å². The summed E-state index contributed by atoms with van der Waals surface area (Å²) in [5, 5.41) is 1.50. The average molecular weight is 526 g/mol. The maximum atomic E-state index is 7.37. The molecule has 0 heterocycles. The zero-order valence-corrected chi connectivity index (χ0v) is 25.9. The van der Waals surface area contributed by atoms with Crippen LogP contribution in [0.3, 0.4) is 0 Å². The van der Waals surface area contributed by atoms with Gasteiger partial charge in [0.25, 0.3) is 0 Å². The molecule has 32 heavy (non-hydrogen) atoms. The Bertz CT molecular complexity index is 1040. The molecule has 0 amide bonds. The minimum absolute atomic E-state index is 0.0355. The SMILES string of the molecule is CC(C)(C)[NH][Ti]([Cl])([Cl])[Si](C)(C)c1c(C(C)(C)C)ccc2c1Cc1cc(C(C)(C)C)ccc1-2. The van der Waals surface area contributed by atoms with Crippen LogP contribution >= 0.6 is 18.6 Å². The second kappa shape index (κ2) is 8.25. The van der Waals surface area contributed by atoms with Gasteiger partial charge in [0.2, 0.25) is 0 Å². The summed E-state index contributed by atoms with van der Waals surface area (Å²) < 4.78 is 3.73. The Hall–Kier alpha value is -0.0888. The van der Waals surface area contributed by atoms with E-state index >= 15 is 0 Å². The van der Waals surface area contributed by atoms with Crippen molar-refractivity contribution in [3.8, 4) is 11.1 Å². The quantitative estimate of drug-likeness (QED) is 0.341. The molecule has 5 heteroatoms. The van der Waals surface area contributed by atoms with Crippen LogP contribution < -0.4 is 8.99 Å². The first-order chi connectivity index (χ1) is 14.3. The van der Waals surface area contributed by atoms with Gasteiger partial charge in [0.15, 0.2) is 0 Å². The number of rotatable bonds is 3. The van der Waals surface area contributed by atoms with E-state index in [4.69, 9.17) is 18.6 Å². The van der Waals surface area contributed by atoms with Crippen LogP contribution in [0.4, 0.5) is 0 Å². The van der Waals surface area contributed by atoms with E-state index in [2.05, 4.69) is 110 Å². The summed E-state index contributed by atoms with van der Waals surface area (Å²) in [6, 6.07) is 11.8. The summed E-state index contributed by atoms with van der Waals surface area (Å²) in [6.07, 6.45) is 0.978. The third-order valence-corrected chi connectivity index (χ3v) is 33.3. The first kappa shape index (κ1) is 26.5. The summed E-state index contributed by atoms with van der Waals surface area (Å²) in [5.74, 6) is -2.21. The fourth-order valence-corrected chi connectivity index (χ4v) is 19.6. The molecule has 0 aliphatic heterocycles. The fourth-order valence-electron chi connectivity index (χ4n) is 4.87. The van der Waals surface area contributed by atoms with Crippen molar-refractivity contribution >= 4 is 29.7 Å². The molecule has 176 valence electrons. The van der Waals surface area contributed by atoms with Crippen LogP contribution in [0.2, 0.25) is 13.1 Å². The van der Waals surface area contributed by atoms with Crippen molar-refractivity contribution in [2.24, 2.45) is 0 Å². The molecule has 1 N–H and O–H groups in total. The van der Waals surface area contributed by atoms with E-state index in [0.717, 1.165) is 6.42 Å². The predicted molar refractivity (Wildman–Crippen MR) is 144 cm³/mol. The summed E-state index contributed by atoms with van der Waals surface area (Å²) >= 11 is -3.39. The maximum absolute atomic E-state index is 7.37. The number of halogens is 2. The van der Waals surface area contributed by atoms with E-state index in [-0.39, 0.29) is 16.4 Å². The van der Waals surface area contributed by atoms with E-state index in [9.17, 15) is 0 Å². The van der Waals surface area contributed by atoms with Gasteiger partial charge >= 0.3 is 209 Å². The molecule has 1 nitrogen and oxygen atoms in total. The zero-order chi connectivity index (χ0) is 24.5. The van der Waals surface area contributed by atoms with Crippen molar-refractivity contribution in [3.63, 3.8) is 0 Å². The molecule has 1 aliphatic rings. The van der Waals surface area contributed by atoms with Crippen LogP contribution in [0, 0.1) is 0 Å². The molecular formula is C27H41Cl2NSiTi. The Morgan fingerprint density at radius 2 is 1.38 bits per heavy atom. The van der Waals surface area contributed by atoms with Crippen molar-refractivity contribution in [1.29, 1.82) is 0 Å². The van der Waals surface area contributed by atoms with Crippen LogP contribution in [-0.2, 0) is 31.2 Å². The fraction of sp³-hybridized carbons (Fsp3) is 0.556. The van der Waals surface area contributed by atoms with Crippen molar-refractivity contribution in [2.75, 3.05) is 0 Å². The van der Waals surface area contributed by atoms with E-state index in [1.54, 1.807) is 0 Å². The van der Waals surface area contributed by atoms with Gasteiger partial charge in [0, 0.05) is 0 Å². The van der Waals surface area contributed by atoms with Gasteiger partial charge in [0.1, 0.15) is 0 Å². The number of fused-ring (bicyclic) bond motifs is 3. The normalized spacial score (nSPS) is 15.0.